The number of fused-ring (bicyclic) bond motifs is 1. The summed E-state index contributed by atoms with van der Waals surface area (Å²) >= 11 is 0. The van der Waals surface area contributed by atoms with Gasteiger partial charge in [-0.05, 0) is 13.3 Å². The third kappa shape index (κ3) is 4.12. The van der Waals surface area contributed by atoms with Crippen LogP contribution < -0.4 is 14.8 Å². The summed E-state index contributed by atoms with van der Waals surface area (Å²) in [6.45, 7) is 3.73. The fourth-order valence-electron chi connectivity index (χ4n) is 2.02. The maximum absolute atomic E-state index is 12.1. The molecule has 24 heavy (non-hydrogen) atoms. The van der Waals surface area contributed by atoms with Gasteiger partial charge in [-0.3, -0.25) is 14.9 Å². The summed E-state index contributed by atoms with van der Waals surface area (Å²) in [7, 11) is 0. The van der Waals surface area contributed by atoms with Crippen LogP contribution >= 0.6 is 0 Å². The maximum Gasteiger partial charge on any atom is 0.345 e. The second kappa shape index (κ2) is 7.62. The van der Waals surface area contributed by atoms with Gasteiger partial charge >= 0.3 is 5.97 Å². The minimum Gasteiger partial charge on any atom is -0.486 e. The molecule has 0 saturated heterocycles. The SMILES string of the molecule is CC[C@@H](C)NC(=O)COC(=O)c1cc2c(cc1[N+](=O)[O-])OCCO2. The van der Waals surface area contributed by atoms with E-state index in [1.807, 2.05) is 13.8 Å². The van der Waals surface area contributed by atoms with Crippen molar-refractivity contribution >= 4 is 17.6 Å². The van der Waals surface area contributed by atoms with Crippen LogP contribution in [-0.2, 0) is 9.53 Å². The molecule has 9 nitrogen and oxygen atoms in total. The van der Waals surface area contributed by atoms with Crippen LogP contribution in [0.1, 0.15) is 30.6 Å². The number of nitro benzene ring substituents is 1. The van der Waals surface area contributed by atoms with Crippen LogP contribution in [-0.4, -0.2) is 42.7 Å². The molecule has 1 N–H and O–H groups in total. The van der Waals surface area contributed by atoms with Gasteiger partial charge in [0.15, 0.2) is 18.1 Å². The van der Waals surface area contributed by atoms with E-state index in [9.17, 15) is 19.7 Å². The minimum atomic E-state index is -0.974. The van der Waals surface area contributed by atoms with Crippen LogP contribution in [0.15, 0.2) is 12.1 Å². The number of esters is 1. The molecule has 0 unspecified atom stereocenters. The van der Waals surface area contributed by atoms with Crippen LogP contribution in [0.25, 0.3) is 0 Å². The summed E-state index contributed by atoms with van der Waals surface area (Å²) in [5, 5.41) is 13.8. The van der Waals surface area contributed by atoms with Gasteiger partial charge in [0.1, 0.15) is 18.8 Å². The van der Waals surface area contributed by atoms with E-state index in [4.69, 9.17) is 14.2 Å². The normalized spacial score (nSPS) is 13.8. The molecule has 1 aromatic rings. The lowest BCUT2D eigenvalue weighted by atomic mass is 10.1. The highest BCUT2D eigenvalue weighted by Gasteiger charge is 2.27. The molecule has 0 aromatic heterocycles. The molecule has 0 bridgehead atoms. The zero-order valence-electron chi connectivity index (χ0n) is 13.4. The average molecular weight is 338 g/mol. The lowest BCUT2D eigenvalue weighted by Gasteiger charge is -2.18. The molecule has 0 radical (unpaired) electrons. The third-order valence-electron chi connectivity index (χ3n) is 3.43. The lowest BCUT2D eigenvalue weighted by Crippen LogP contribution is -2.35. The Morgan fingerprint density at radius 2 is 1.96 bits per heavy atom. The van der Waals surface area contributed by atoms with E-state index in [-0.39, 0.29) is 36.3 Å². The lowest BCUT2D eigenvalue weighted by molar-refractivity contribution is -0.385. The van der Waals surface area contributed by atoms with Crippen LogP contribution in [0.2, 0.25) is 0 Å². The van der Waals surface area contributed by atoms with Crippen molar-refractivity contribution in [2.24, 2.45) is 0 Å². The fraction of sp³-hybridized carbons (Fsp3) is 0.467. The molecule has 9 heteroatoms. The number of carbonyl (C=O) groups is 2. The molecule has 0 aliphatic carbocycles. The number of hydrogen-bond donors (Lipinski definition) is 1. The second-order valence-electron chi connectivity index (χ2n) is 5.22. The zero-order chi connectivity index (χ0) is 17.7. The Labute approximate surface area is 138 Å². The van der Waals surface area contributed by atoms with Crippen molar-refractivity contribution in [3.8, 4) is 11.5 Å². The van der Waals surface area contributed by atoms with Gasteiger partial charge in [-0.25, -0.2) is 4.79 Å². The number of nitrogens with zero attached hydrogens (tertiary/aromatic N) is 1. The summed E-state index contributed by atoms with van der Waals surface area (Å²) < 4.78 is 15.4. The van der Waals surface area contributed by atoms with Crippen molar-refractivity contribution in [2.45, 2.75) is 26.3 Å². The van der Waals surface area contributed by atoms with E-state index in [1.165, 1.54) is 6.07 Å². The average Bonchev–Trinajstić information content (AvgIpc) is 2.58. The first-order valence-electron chi connectivity index (χ1n) is 7.47. The summed E-state index contributed by atoms with van der Waals surface area (Å²) in [6, 6.07) is 2.26. The number of benzene rings is 1. The molecule has 1 aliphatic rings. The Balaban J connectivity index is 2.13. The minimum absolute atomic E-state index is 0.0557. The maximum atomic E-state index is 12.1. The number of nitrogens with one attached hydrogen (secondary N) is 1. The Bertz CT molecular complexity index is 659. The molecule has 0 fully saturated rings. The number of nitro groups is 1. The molecule has 0 spiro atoms. The van der Waals surface area contributed by atoms with Gasteiger partial charge < -0.3 is 19.5 Å². The van der Waals surface area contributed by atoms with Crippen molar-refractivity contribution in [1.82, 2.24) is 5.32 Å². The molecule has 1 amide bonds. The highest BCUT2D eigenvalue weighted by Crippen LogP contribution is 2.36. The van der Waals surface area contributed by atoms with Crippen LogP contribution in [0.3, 0.4) is 0 Å². The van der Waals surface area contributed by atoms with Crippen LogP contribution in [0, 0.1) is 10.1 Å². The fourth-order valence-corrected chi connectivity index (χ4v) is 2.02. The van der Waals surface area contributed by atoms with Gasteiger partial charge in [0.05, 0.1) is 11.0 Å². The number of ether oxygens (including phenoxy) is 3. The number of carbonyl (C=O) groups excluding carboxylic acids is 2. The van der Waals surface area contributed by atoms with Gasteiger partial charge in [0, 0.05) is 12.1 Å². The Morgan fingerprint density at radius 3 is 2.54 bits per heavy atom. The molecule has 1 heterocycles. The summed E-state index contributed by atoms with van der Waals surface area (Å²) in [5.74, 6) is -1.03. The molecule has 0 saturated carbocycles. The first kappa shape index (κ1) is 17.5. The van der Waals surface area contributed by atoms with Crippen molar-refractivity contribution in [3.63, 3.8) is 0 Å². The van der Waals surface area contributed by atoms with E-state index in [0.29, 0.717) is 0 Å². The molecule has 1 aromatic carbocycles. The van der Waals surface area contributed by atoms with E-state index in [0.717, 1.165) is 12.5 Å². The van der Waals surface area contributed by atoms with Gasteiger partial charge in [-0.15, -0.1) is 0 Å². The van der Waals surface area contributed by atoms with E-state index in [2.05, 4.69) is 5.32 Å². The number of rotatable bonds is 6. The predicted octanol–water partition coefficient (Wildman–Crippen LogP) is 1.44. The highest BCUT2D eigenvalue weighted by atomic mass is 16.6. The predicted molar refractivity (Wildman–Crippen MR) is 82.3 cm³/mol. The Kier molecular flexibility index (Phi) is 5.56. The van der Waals surface area contributed by atoms with Gasteiger partial charge in [0.2, 0.25) is 0 Å². The first-order valence-corrected chi connectivity index (χ1v) is 7.47. The smallest absolute Gasteiger partial charge is 0.345 e. The number of hydrogen-bond acceptors (Lipinski definition) is 7. The topological polar surface area (TPSA) is 117 Å². The Morgan fingerprint density at radius 1 is 1.33 bits per heavy atom. The standard InChI is InChI=1S/C15H18N2O7/c1-3-9(2)16-14(18)8-24-15(19)10-6-12-13(23-5-4-22-12)7-11(10)17(20)21/h6-7,9H,3-5,8H2,1-2H3,(H,16,18)/t9-/m1/s1. The summed E-state index contributed by atoms with van der Waals surface area (Å²) in [6.07, 6.45) is 0.729. The molecule has 2 rings (SSSR count). The van der Waals surface area contributed by atoms with E-state index >= 15 is 0 Å². The van der Waals surface area contributed by atoms with E-state index < -0.39 is 29.1 Å². The van der Waals surface area contributed by atoms with Crippen molar-refractivity contribution < 1.29 is 28.7 Å². The second-order valence-corrected chi connectivity index (χ2v) is 5.22. The quantitative estimate of drug-likeness (QED) is 0.474. The summed E-state index contributed by atoms with van der Waals surface area (Å²) in [5.41, 5.74) is -0.757. The summed E-state index contributed by atoms with van der Waals surface area (Å²) in [4.78, 5) is 34.2. The highest BCUT2D eigenvalue weighted by molar-refractivity contribution is 5.96. The van der Waals surface area contributed by atoms with Crippen molar-refractivity contribution in [1.29, 1.82) is 0 Å². The Hall–Kier alpha value is -2.84. The van der Waals surface area contributed by atoms with Crippen molar-refractivity contribution in [2.75, 3.05) is 19.8 Å². The largest absolute Gasteiger partial charge is 0.486 e. The monoisotopic (exact) mass is 338 g/mol. The molecular weight excluding hydrogens is 320 g/mol. The van der Waals surface area contributed by atoms with Crippen LogP contribution in [0.4, 0.5) is 5.69 Å². The van der Waals surface area contributed by atoms with Crippen molar-refractivity contribution in [3.05, 3.63) is 27.8 Å². The van der Waals surface area contributed by atoms with Crippen LogP contribution in [0.5, 0.6) is 11.5 Å². The first-order chi connectivity index (χ1) is 11.4. The number of amides is 1. The van der Waals surface area contributed by atoms with E-state index in [1.54, 1.807) is 0 Å². The molecule has 1 aliphatic heterocycles. The zero-order valence-corrected chi connectivity index (χ0v) is 13.4. The molecular formula is C15H18N2O7. The van der Waals surface area contributed by atoms with Gasteiger partial charge in [0.25, 0.3) is 11.6 Å². The third-order valence-corrected chi connectivity index (χ3v) is 3.43. The van der Waals surface area contributed by atoms with Gasteiger partial charge in [-0.2, -0.15) is 0 Å². The van der Waals surface area contributed by atoms with Gasteiger partial charge in [-0.1, -0.05) is 6.92 Å². The molecule has 1 atom stereocenters. The molecule has 130 valence electrons.